The number of halogens is 1. The van der Waals surface area contributed by atoms with E-state index in [0.717, 1.165) is 12.0 Å². The molecule has 1 aliphatic heterocycles. The second kappa shape index (κ2) is 6.19. The van der Waals surface area contributed by atoms with Gasteiger partial charge in [0.25, 0.3) is 0 Å². The number of benzene rings is 1. The molecule has 1 aromatic carbocycles. The first-order valence-electron chi connectivity index (χ1n) is 7.81. The Bertz CT molecular complexity index is 615. The van der Waals surface area contributed by atoms with Gasteiger partial charge in [-0.05, 0) is 51.8 Å². The molecule has 1 aromatic rings. The molecule has 1 aliphatic rings. The molecule has 1 amide bonds. The molecule has 0 aliphatic carbocycles. The number of carbonyl (C=O) groups is 1. The van der Waals surface area contributed by atoms with Crippen molar-refractivity contribution in [1.29, 1.82) is 5.26 Å². The van der Waals surface area contributed by atoms with E-state index in [2.05, 4.69) is 6.07 Å². The summed E-state index contributed by atoms with van der Waals surface area (Å²) in [5, 5.41) is 9.70. The molecule has 0 radical (unpaired) electrons. The summed E-state index contributed by atoms with van der Waals surface area (Å²) in [7, 11) is 0. The highest BCUT2D eigenvalue weighted by Gasteiger charge is 2.42. The number of carbonyl (C=O) groups excluding carboxylic acids is 1. The van der Waals surface area contributed by atoms with Crippen LogP contribution in [0.4, 0.5) is 9.18 Å². The molecule has 23 heavy (non-hydrogen) atoms. The van der Waals surface area contributed by atoms with Gasteiger partial charge in [0.05, 0.1) is 11.5 Å². The van der Waals surface area contributed by atoms with Crippen molar-refractivity contribution in [3.05, 3.63) is 35.6 Å². The number of likely N-dealkylation sites (tertiary alicyclic amines) is 1. The van der Waals surface area contributed by atoms with E-state index in [1.54, 1.807) is 17.0 Å². The minimum absolute atomic E-state index is 0.00882. The number of nitriles is 1. The third-order valence-electron chi connectivity index (χ3n) is 4.33. The maximum atomic E-state index is 13.1. The van der Waals surface area contributed by atoms with Crippen molar-refractivity contribution in [1.82, 2.24) is 4.90 Å². The predicted octanol–water partition coefficient (Wildman–Crippen LogP) is 3.86. The van der Waals surface area contributed by atoms with E-state index >= 15 is 0 Å². The molecule has 1 fully saturated rings. The quantitative estimate of drug-likeness (QED) is 0.832. The second-order valence-electron chi connectivity index (χ2n) is 7.23. The zero-order valence-electron chi connectivity index (χ0n) is 14.1. The van der Waals surface area contributed by atoms with Gasteiger partial charge in [-0.1, -0.05) is 12.1 Å². The number of rotatable bonds is 2. The van der Waals surface area contributed by atoms with E-state index in [0.29, 0.717) is 13.1 Å². The molecule has 5 heteroatoms. The normalized spacial score (nSPS) is 20.7. The topological polar surface area (TPSA) is 53.3 Å². The Morgan fingerprint density at radius 2 is 1.91 bits per heavy atom. The third-order valence-corrected chi connectivity index (χ3v) is 4.33. The fourth-order valence-electron chi connectivity index (χ4n) is 2.91. The van der Waals surface area contributed by atoms with Crippen LogP contribution in [0.3, 0.4) is 0 Å². The Hall–Kier alpha value is -2.09. The van der Waals surface area contributed by atoms with Gasteiger partial charge in [0.15, 0.2) is 0 Å². The highest BCUT2D eigenvalue weighted by Crippen LogP contribution is 2.37. The zero-order chi connectivity index (χ0) is 17.3. The van der Waals surface area contributed by atoms with E-state index in [-0.39, 0.29) is 17.8 Å². The van der Waals surface area contributed by atoms with Crippen LogP contribution in [0, 0.1) is 23.1 Å². The average molecular weight is 318 g/mol. The molecule has 2 unspecified atom stereocenters. The minimum atomic E-state index is -0.759. The minimum Gasteiger partial charge on any atom is -0.444 e. The summed E-state index contributed by atoms with van der Waals surface area (Å²) in [5.41, 5.74) is -0.521. The molecule has 0 saturated carbocycles. The first-order chi connectivity index (χ1) is 10.7. The Morgan fingerprint density at radius 1 is 1.30 bits per heavy atom. The van der Waals surface area contributed by atoms with Gasteiger partial charge in [-0.25, -0.2) is 9.18 Å². The van der Waals surface area contributed by atoms with Crippen LogP contribution in [0.5, 0.6) is 0 Å². The Kier molecular flexibility index (Phi) is 4.65. The van der Waals surface area contributed by atoms with Gasteiger partial charge in [-0.2, -0.15) is 5.26 Å². The molecule has 2 atom stereocenters. The summed E-state index contributed by atoms with van der Waals surface area (Å²) in [6.07, 6.45) is 0.375. The summed E-state index contributed by atoms with van der Waals surface area (Å²) in [4.78, 5) is 13.8. The van der Waals surface area contributed by atoms with Crippen LogP contribution in [0.2, 0.25) is 0 Å². The molecule has 4 nitrogen and oxygen atoms in total. The summed E-state index contributed by atoms with van der Waals surface area (Å²) in [5.74, 6) is -0.332. The maximum Gasteiger partial charge on any atom is 0.410 e. The SMILES string of the molecule is CC(C)(C)OC(=O)N1CCC(C(C)(C#N)c2ccc(F)cc2)C1. The molecule has 0 spiro atoms. The van der Waals surface area contributed by atoms with Gasteiger partial charge >= 0.3 is 6.09 Å². The number of nitrogens with zero attached hydrogens (tertiary/aromatic N) is 2. The van der Waals surface area contributed by atoms with E-state index < -0.39 is 11.0 Å². The monoisotopic (exact) mass is 318 g/mol. The highest BCUT2D eigenvalue weighted by molar-refractivity contribution is 5.68. The number of hydrogen-bond donors (Lipinski definition) is 0. The van der Waals surface area contributed by atoms with Crippen molar-refractivity contribution < 1.29 is 13.9 Å². The van der Waals surface area contributed by atoms with Crippen molar-refractivity contribution in [3.8, 4) is 6.07 Å². The third kappa shape index (κ3) is 3.82. The lowest BCUT2D eigenvalue weighted by Gasteiger charge is -2.30. The summed E-state index contributed by atoms with van der Waals surface area (Å²) in [6.45, 7) is 8.38. The molecular weight excluding hydrogens is 295 g/mol. The van der Waals surface area contributed by atoms with Crippen LogP contribution in [0.1, 0.15) is 39.7 Å². The summed E-state index contributed by atoms with van der Waals surface area (Å²) >= 11 is 0. The van der Waals surface area contributed by atoms with E-state index in [9.17, 15) is 14.4 Å². The van der Waals surface area contributed by atoms with Gasteiger partial charge in [-0.3, -0.25) is 0 Å². The lowest BCUT2D eigenvalue weighted by atomic mass is 9.72. The van der Waals surface area contributed by atoms with Gasteiger partial charge in [0.1, 0.15) is 11.4 Å². The number of hydrogen-bond acceptors (Lipinski definition) is 3. The van der Waals surface area contributed by atoms with Crippen molar-refractivity contribution in [2.75, 3.05) is 13.1 Å². The molecule has 124 valence electrons. The summed E-state index contributed by atoms with van der Waals surface area (Å²) in [6, 6.07) is 8.39. The average Bonchev–Trinajstić information content (AvgIpc) is 2.96. The van der Waals surface area contributed by atoms with E-state index in [1.165, 1.54) is 12.1 Å². The van der Waals surface area contributed by atoms with Crippen molar-refractivity contribution in [3.63, 3.8) is 0 Å². The van der Waals surface area contributed by atoms with Crippen LogP contribution >= 0.6 is 0 Å². The van der Waals surface area contributed by atoms with Gasteiger partial charge in [-0.15, -0.1) is 0 Å². The predicted molar refractivity (Wildman–Crippen MR) is 85.3 cm³/mol. The molecule has 1 saturated heterocycles. The maximum absolute atomic E-state index is 13.1. The van der Waals surface area contributed by atoms with Crippen LogP contribution in [-0.2, 0) is 10.2 Å². The van der Waals surface area contributed by atoms with Crippen LogP contribution in [0.15, 0.2) is 24.3 Å². The molecule has 1 heterocycles. The molecule has 2 rings (SSSR count). The van der Waals surface area contributed by atoms with Gasteiger partial charge in [0.2, 0.25) is 0 Å². The fourth-order valence-corrected chi connectivity index (χ4v) is 2.91. The molecule has 0 N–H and O–H groups in total. The standard InChI is InChI=1S/C18H23FN2O2/c1-17(2,3)23-16(22)21-10-9-14(11-21)18(4,12-20)13-5-7-15(19)8-6-13/h5-8,14H,9-11H2,1-4H3. The lowest BCUT2D eigenvalue weighted by Crippen LogP contribution is -2.38. The Balaban J connectivity index is 2.14. The second-order valence-corrected chi connectivity index (χ2v) is 7.23. The van der Waals surface area contributed by atoms with Crippen LogP contribution in [0.25, 0.3) is 0 Å². The van der Waals surface area contributed by atoms with Crippen molar-refractivity contribution in [2.45, 2.75) is 45.1 Å². The van der Waals surface area contributed by atoms with Gasteiger partial charge in [0, 0.05) is 19.0 Å². The smallest absolute Gasteiger partial charge is 0.410 e. The molecule has 0 aromatic heterocycles. The van der Waals surface area contributed by atoms with Crippen molar-refractivity contribution >= 4 is 6.09 Å². The highest BCUT2D eigenvalue weighted by atomic mass is 19.1. The lowest BCUT2D eigenvalue weighted by molar-refractivity contribution is 0.0284. The first-order valence-corrected chi connectivity index (χ1v) is 7.81. The van der Waals surface area contributed by atoms with Crippen molar-refractivity contribution in [2.24, 2.45) is 5.92 Å². The summed E-state index contributed by atoms with van der Waals surface area (Å²) < 4.78 is 18.5. The Labute approximate surface area is 136 Å². The largest absolute Gasteiger partial charge is 0.444 e. The number of amides is 1. The zero-order valence-corrected chi connectivity index (χ0v) is 14.1. The van der Waals surface area contributed by atoms with E-state index in [1.807, 2.05) is 27.7 Å². The van der Waals surface area contributed by atoms with E-state index in [4.69, 9.17) is 4.74 Å². The number of ether oxygens (including phenoxy) is 1. The van der Waals surface area contributed by atoms with Crippen LogP contribution in [-0.4, -0.2) is 29.7 Å². The molecular formula is C18H23FN2O2. The molecule has 0 bridgehead atoms. The van der Waals surface area contributed by atoms with Gasteiger partial charge < -0.3 is 9.64 Å². The fraction of sp³-hybridized carbons (Fsp3) is 0.556. The van der Waals surface area contributed by atoms with Crippen LogP contribution < -0.4 is 0 Å². The Morgan fingerprint density at radius 3 is 2.43 bits per heavy atom. The first kappa shape index (κ1) is 17.3.